The first-order valence-corrected chi connectivity index (χ1v) is 15.3. The van der Waals surface area contributed by atoms with Crippen LogP contribution < -0.4 is 0 Å². The number of piperidine rings is 1. The molecule has 210 valence electrons. The van der Waals surface area contributed by atoms with Crippen LogP contribution in [-0.2, 0) is 16.2 Å². The van der Waals surface area contributed by atoms with Crippen molar-refractivity contribution in [3.8, 4) is 0 Å². The predicted octanol–water partition coefficient (Wildman–Crippen LogP) is 6.23. The van der Waals surface area contributed by atoms with Crippen LogP contribution in [0.2, 0.25) is 0 Å². The largest absolute Gasteiger partial charge is 0.445 e. The molecule has 3 atom stereocenters. The lowest BCUT2D eigenvalue weighted by atomic mass is 9.76. The number of likely N-dealkylation sites (tertiary alicyclic amines) is 1. The zero-order valence-electron chi connectivity index (χ0n) is 23.5. The Morgan fingerprint density at radius 3 is 2.38 bits per heavy atom. The van der Waals surface area contributed by atoms with Gasteiger partial charge in [0.05, 0.1) is 5.60 Å². The molecule has 3 aliphatic heterocycles. The Morgan fingerprint density at radius 2 is 1.69 bits per heavy atom. The van der Waals surface area contributed by atoms with Crippen LogP contribution in [0.5, 0.6) is 0 Å². The maximum atomic E-state index is 12.9. The standard InChI is InChI=1S/C33H45N3O3/c1-2-35(32(37)38-25-26-12-6-3-7-13-26)28-16-20-34(21-17-28)23-30-29(27-14-8-4-9-15-27)24-36-31(30)22-33(39-36)18-10-5-11-19-33/h3-4,6-9,12-15,28-31H,2,5,10-11,16-25H2,1H3/t29-,30-,31+/m1/s1. The molecule has 0 radical (unpaired) electrons. The van der Waals surface area contributed by atoms with Crippen molar-refractivity contribution >= 4 is 6.09 Å². The first kappa shape index (κ1) is 26.8. The number of carbonyl (C=O) groups is 1. The second kappa shape index (κ2) is 12.0. The van der Waals surface area contributed by atoms with E-state index < -0.39 is 0 Å². The summed E-state index contributed by atoms with van der Waals surface area (Å²) < 4.78 is 5.69. The number of ether oxygens (including phenoxy) is 1. The van der Waals surface area contributed by atoms with Gasteiger partial charge in [-0.2, -0.15) is 5.06 Å². The first-order chi connectivity index (χ1) is 19.1. The molecule has 3 saturated heterocycles. The van der Waals surface area contributed by atoms with E-state index in [-0.39, 0.29) is 17.7 Å². The van der Waals surface area contributed by atoms with Crippen molar-refractivity contribution in [3.63, 3.8) is 0 Å². The molecule has 0 aromatic heterocycles. The monoisotopic (exact) mass is 531 g/mol. The SMILES string of the molecule is CCN(C(=O)OCc1ccccc1)C1CCN(C[C@@H]2[C@@H](c3ccccc3)CN3OC4(CCCCC4)C[C@@H]23)CC1. The minimum Gasteiger partial charge on any atom is -0.445 e. The van der Waals surface area contributed by atoms with Gasteiger partial charge in [0.1, 0.15) is 6.61 Å². The van der Waals surface area contributed by atoms with Gasteiger partial charge in [-0.3, -0.25) is 4.84 Å². The highest BCUT2D eigenvalue weighted by Crippen LogP contribution is 2.51. The number of rotatable bonds is 7. The lowest BCUT2D eigenvalue weighted by molar-refractivity contribution is -0.205. The molecule has 0 N–H and O–H groups in total. The van der Waals surface area contributed by atoms with Crippen LogP contribution in [-0.4, -0.2) is 71.4 Å². The summed E-state index contributed by atoms with van der Waals surface area (Å²) >= 11 is 0. The van der Waals surface area contributed by atoms with E-state index in [1.807, 2.05) is 35.2 Å². The van der Waals surface area contributed by atoms with Crippen LogP contribution in [0, 0.1) is 5.92 Å². The summed E-state index contributed by atoms with van der Waals surface area (Å²) in [6, 6.07) is 21.8. The third kappa shape index (κ3) is 5.89. The fraction of sp³-hybridized carbons (Fsp3) is 0.606. The van der Waals surface area contributed by atoms with Gasteiger partial charge in [0, 0.05) is 50.7 Å². The minimum atomic E-state index is -0.184. The van der Waals surface area contributed by atoms with Crippen molar-refractivity contribution < 1.29 is 14.4 Å². The molecular weight excluding hydrogens is 486 g/mol. The predicted molar refractivity (Wildman–Crippen MR) is 153 cm³/mol. The molecule has 1 amide bonds. The average molecular weight is 532 g/mol. The van der Waals surface area contributed by atoms with Gasteiger partial charge in [0.2, 0.25) is 0 Å². The summed E-state index contributed by atoms with van der Waals surface area (Å²) in [6.07, 6.45) is 9.44. The van der Waals surface area contributed by atoms with Gasteiger partial charge in [-0.15, -0.1) is 0 Å². The molecule has 2 aromatic carbocycles. The van der Waals surface area contributed by atoms with E-state index in [1.165, 1.54) is 44.1 Å². The molecular formula is C33H45N3O3. The fourth-order valence-electron chi connectivity index (χ4n) is 7.82. The summed E-state index contributed by atoms with van der Waals surface area (Å²) in [5.74, 6) is 1.08. The van der Waals surface area contributed by atoms with Gasteiger partial charge < -0.3 is 14.5 Å². The van der Waals surface area contributed by atoms with Crippen molar-refractivity contribution in [3.05, 3.63) is 71.8 Å². The second-order valence-corrected chi connectivity index (χ2v) is 12.2. The Bertz CT molecular complexity index is 1070. The van der Waals surface area contributed by atoms with E-state index in [1.54, 1.807) is 0 Å². The number of benzene rings is 2. The zero-order valence-corrected chi connectivity index (χ0v) is 23.5. The molecule has 6 nitrogen and oxygen atoms in total. The highest BCUT2D eigenvalue weighted by molar-refractivity contribution is 5.68. The van der Waals surface area contributed by atoms with Crippen molar-refractivity contribution in [2.45, 2.75) is 88.5 Å². The molecule has 3 heterocycles. The van der Waals surface area contributed by atoms with E-state index in [0.717, 1.165) is 44.6 Å². The van der Waals surface area contributed by atoms with Crippen LogP contribution in [0.4, 0.5) is 4.79 Å². The van der Waals surface area contributed by atoms with E-state index >= 15 is 0 Å². The van der Waals surface area contributed by atoms with E-state index in [4.69, 9.17) is 9.57 Å². The molecule has 2 aromatic rings. The summed E-state index contributed by atoms with van der Waals surface area (Å²) in [5.41, 5.74) is 2.57. The Kier molecular flexibility index (Phi) is 8.24. The third-order valence-corrected chi connectivity index (χ3v) is 9.89. The molecule has 6 rings (SSSR count). The Labute approximate surface area is 234 Å². The minimum absolute atomic E-state index is 0.0948. The molecule has 1 aliphatic carbocycles. The zero-order chi connectivity index (χ0) is 26.7. The summed E-state index contributed by atoms with van der Waals surface area (Å²) in [5, 5.41) is 2.39. The molecule has 1 saturated carbocycles. The molecule has 1 spiro atoms. The second-order valence-electron chi connectivity index (χ2n) is 12.2. The lowest BCUT2D eigenvalue weighted by Gasteiger charge is -2.39. The molecule has 4 fully saturated rings. The highest BCUT2D eigenvalue weighted by Gasteiger charge is 2.54. The molecule has 0 bridgehead atoms. The number of hydrogen-bond acceptors (Lipinski definition) is 5. The van der Waals surface area contributed by atoms with Gasteiger partial charge in [0.15, 0.2) is 0 Å². The fourth-order valence-corrected chi connectivity index (χ4v) is 7.82. The molecule has 39 heavy (non-hydrogen) atoms. The van der Waals surface area contributed by atoms with Gasteiger partial charge in [0.25, 0.3) is 0 Å². The smallest absolute Gasteiger partial charge is 0.410 e. The molecule has 6 heteroatoms. The average Bonchev–Trinajstić information content (AvgIpc) is 3.48. The van der Waals surface area contributed by atoms with Gasteiger partial charge >= 0.3 is 6.09 Å². The number of nitrogens with zero attached hydrogens (tertiary/aromatic N) is 3. The van der Waals surface area contributed by atoms with E-state index in [2.05, 4.69) is 47.2 Å². The maximum absolute atomic E-state index is 12.9. The Hall–Kier alpha value is -2.41. The Morgan fingerprint density at radius 1 is 1.00 bits per heavy atom. The van der Waals surface area contributed by atoms with E-state index in [0.29, 0.717) is 31.0 Å². The lowest BCUT2D eigenvalue weighted by Crippen LogP contribution is -2.49. The number of hydroxylamine groups is 2. The van der Waals surface area contributed by atoms with Crippen LogP contribution in [0.25, 0.3) is 0 Å². The van der Waals surface area contributed by atoms with Crippen molar-refractivity contribution in [2.24, 2.45) is 5.92 Å². The van der Waals surface area contributed by atoms with Crippen molar-refractivity contribution in [1.29, 1.82) is 0 Å². The number of hydrogen-bond donors (Lipinski definition) is 0. The van der Waals surface area contributed by atoms with Gasteiger partial charge in [-0.25, -0.2) is 4.79 Å². The topological polar surface area (TPSA) is 45.2 Å². The normalized spacial score (nSPS) is 27.5. The first-order valence-electron chi connectivity index (χ1n) is 15.3. The van der Waals surface area contributed by atoms with Crippen molar-refractivity contribution in [2.75, 3.05) is 32.7 Å². The van der Waals surface area contributed by atoms with E-state index in [9.17, 15) is 4.79 Å². The quantitative estimate of drug-likeness (QED) is 0.424. The highest BCUT2D eigenvalue weighted by atomic mass is 16.7. The Balaban J connectivity index is 1.08. The van der Waals surface area contributed by atoms with Gasteiger partial charge in [-0.05, 0) is 56.1 Å². The van der Waals surface area contributed by atoms with Crippen LogP contribution >= 0.6 is 0 Å². The van der Waals surface area contributed by atoms with Crippen LogP contribution in [0.15, 0.2) is 60.7 Å². The number of amides is 1. The molecule has 4 aliphatic rings. The number of fused-ring (bicyclic) bond motifs is 1. The summed E-state index contributed by atoms with van der Waals surface area (Å²) in [6.45, 7) is 7.26. The maximum Gasteiger partial charge on any atom is 0.410 e. The summed E-state index contributed by atoms with van der Waals surface area (Å²) in [4.78, 5) is 24.3. The molecule has 0 unspecified atom stereocenters. The van der Waals surface area contributed by atoms with Crippen LogP contribution in [0.3, 0.4) is 0 Å². The van der Waals surface area contributed by atoms with Gasteiger partial charge in [-0.1, -0.05) is 79.9 Å². The summed E-state index contributed by atoms with van der Waals surface area (Å²) in [7, 11) is 0. The van der Waals surface area contributed by atoms with Crippen molar-refractivity contribution in [1.82, 2.24) is 14.9 Å². The third-order valence-electron chi connectivity index (χ3n) is 9.89. The number of carbonyl (C=O) groups excluding carboxylic acids is 1. The van der Waals surface area contributed by atoms with Crippen LogP contribution in [0.1, 0.15) is 75.3 Å².